The Hall–Kier alpha value is -2.38. The van der Waals surface area contributed by atoms with E-state index in [9.17, 15) is 4.79 Å². The molecule has 1 atom stereocenters. The molecule has 2 amide bonds. The summed E-state index contributed by atoms with van der Waals surface area (Å²) in [6.07, 6.45) is 1.82. The maximum absolute atomic E-state index is 11.8. The second-order valence-corrected chi connectivity index (χ2v) is 6.77. The molecule has 7 heteroatoms. The maximum atomic E-state index is 11.8. The molecule has 26 heavy (non-hydrogen) atoms. The summed E-state index contributed by atoms with van der Waals surface area (Å²) in [7, 11) is 3.48. The molecule has 0 aliphatic carbocycles. The Labute approximate surface area is 154 Å². The summed E-state index contributed by atoms with van der Waals surface area (Å²) in [6, 6.07) is 12.3. The van der Waals surface area contributed by atoms with Crippen molar-refractivity contribution in [2.24, 2.45) is 0 Å². The lowest BCUT2D eigenvalue weighted by Gasteiger charge is -2.34. The van der Waals surface area contributed by atoms with Crippen LogP contribution in [0.3, 0.4) is 0 Å². The van der Waals surface area contributed by atoms with Crippen molar-refractivity contribution in [2.75, 3.05) is 40.3 Å². The summed E-state index contributed by atoms with van der Waals surface area (Å²) in [4.78, 5) is 15.7. The van der Waals surface area contributed by atoms with Gasteiger partial charge in [0.25, 0.3) is 0 Å². The number of ether oxygens (including phenoxy) is 1. The van der Waals surface area contributed by atoms with Gasteiger partial charge >= 0.3 is 6.03 Å². The Bertz CT molecular complexity index is 701. The molecule has 7 nitrogen and oxygen atoms in total. The summed E-state index contributed by atoms with van der Waals surface area (Å²) in [5.41, 5.74) is 2.36. The lowest BCUT2D eigenvalue weighted by atomic mass is 10.2. The Morgan fingerprint density at radius 1 is 1.31 bits per heavy atom. The summed E-state index contributed by atoms with van der Waals surface area (Å²) < 4.78 is 7.84. The molecule has 0 spiro atoms. The van der Waals surface area contributed by atoms with Gasteiger partial charge < -0.3 is 15.0 Å². The number of rotatable bonds is 7. The third kappa shape index (κ3) is 4.83. The van der Waals surface area contributed by atoms with E-state index >= 15 is 0 Å². The molecule has 0 bridgehead atoms. The third-order valence-electron chi connectivity index (χ3n) is 4.51. The molecule has 1 aromatic heterocycles. The molecule has 140 valence electrons. The van der Waals surface area contributed by atoms with Gasteiger partial charge in [0.2, 0.25) is 0 Å². The number of hydrogen-bond acceptors (Lipinski definition) is 4. The highest BCUT2D eigenvalue weighted by molar-refractivity contribution is 5.73. The second-order valence-electron chi connectivity index (χ2n) is 6.77. The third-order valence-corrected chi connectivity index (χ3v) is 4.51. The molecule has 0 unspecified atom stereocenters. The lowest BCUT2D eigenvalue weighted by molar-refractivity contribution is 0.0753. The first-order valence-corrected chi connectivity index (χ1v) is 8.95. The number of benzene rings is 1. The molecule has 3 rings (SSSR count). The Balaban J connectivity index is 1.49. The summed E-state index contributed by atoms with van der Waals surface area (Å²) >= 11 is 0. The van der Waals surface area contributed by atoms with Crippen LogP contribution in [0.4, 0.5) is 4.79 Å². The fraction of sp³-hybridized carbons (Fsp3) is 0.474. The van der Waals surface area contributed by atoms with Crippen molar-refractivity contribution >= 4 is 6.03 Å². The van der Waals surface area contributed by atoms with E-state index in [1.807, 2.05) is 35.1 Å². The van der Waals surface area contributed by atoms with Crippen molar-refractivity contribution in [1.29, 1.82) is 0 Å². The van der Waals surface area contributed by atoms with Gasteiger partial charge in [-0.25, -0.2) is 4.79 Å². The number of fused-ring (bicyclic) bond motifs is 1. The predicted octanol–water partition coefficient (Wildman–Crippen LogP) is 1.73. The molecule has 2 heterocycles. The van der Waals surface area contributed by atoms with Crippen molar-refractivity contribution in [3.05, 3.63) is 53.9 Å². The van der Waals surface area contributed by atoms with Crippen LogP contribution in [0.5, 0.6) is 0 Å². The summed E-state index contributed by atoms with van der Waals surface area (Å²) in [5.74, 6) is 0. The fourth-order valence-electron chi connectivity index (χ4n) is 3.11. The van der Waals surface area contributed by atoms with Crippen LogP contribution in [-0.2, 0) is 17.9 Å². The molecule has 0 radical (unpaired) electrons. The number of hydrogen-bond donors (Lipinski definition) is 1. The van der Waals surface area contributed by atoms with Crippen molar-refractivity contribution in [1.82, 2.24) is 24.9 Å². The zero-order valence-corrected chi connectivity index (χ0v) is 15.5. The van der Waals surface area contributed by atoms with E-state index in [0.29, 0.717) is 19.8 Å². The molecule has 1 N–H and O–H groups in total. The van der Waals surface area contributed by atoms with E-state index in [2.05, 4.69) is 27.4 Å². The SMILES string of the molecule is CN(C)C(=O)NC[C@@H]1CN(CCOCc2ccccc2)Cc2ccnn21. The molecular formula is C19H27N5O2. The van der Waals surface area contributed by atoms with Crippen LogP contribution >= 0.6 is 0 Å². The van der Waals surface area contributed by atoms with E-state index in [1.54, 1.807) is 19.0 Å². The zero-order chi connectivity index (χ0) is 18.4. The van der Waals surface area contributed by atoms with Gasteiger partial charge in [0.05, 0.1) is 24.9 Å². The number of nitrogens with zero attached hydrogens (tertiary/aromatic N) is 4. The first-order valence-electron chi connectivity index (χ1n) is 8.95. The predicted molar refractivity (Wildman–Crippen MR) is 99.7 cm³/mol. The highest BCUT2D eigenvalue weighted by atomic mass is 16.5. The average molecular weight is 357 g/mol. The van der Waals surface area contributed by atoms with Gasteiger partial charge in [0.15, 0.2) is 0 Å². The van der Waals surface area contributed by atoms with Gasteiger partial charge in [-0.3, -0.25) is 9.58 Å². The average Bonchev–Trinajstić information content (AvgIpc) is 3.12. The van der Waals surface area contributed by atoms with Crippen LogP contribution in [0.15, 0.2) is 42.6 Å². The minimum Gasteiger partial charge on any atom is -0.375 e. The van der Waals surface area contributed by atoms with Crippen LogP contribution in [-0.4, -0.2) is 65.9 Å². The molecule has 1 aliphatic rings. The lowest BCUT2D eigenvalue weighted by Crippen LogP contribution is -2.45. The first kappa shape index (κ1) is 18.4. The van der Waals surface area contributed by atoms with Gasteiger partial charge in [0.1, 0.15) is 0 Å². The highest BCUT2D eigenvalue weighted by Crippen LogP contribution is 2.19. The van der Waals surface area contributed by atoms with Crippen LogP contribution in [0.25, 0.3) is 0 Å². The minimum atomic E-state index is -0.0815. The number of aromatic nitrogens is 2. The Kier molecular flexibility index (Phi) is 6.25. The largest absolute Gasteiger partial charge is 0.375 e. The number of amides is 2. The van der Waals surface area contributed by atoms with Crippen LogP contribution in [0.2, 0.25) is 0 Å². The normalized spacial score (nSPS) is 16.9. The molecule has 0 saturated carbocycles. The van der Waals surface area contributed by atoms with Crippen LogP contribution < -0.4 is 5.32 Å². The topological polar surface area (TPSA) is 62.6 Å². The standard InChI is InChI=1S/C19H27N5O2/c1-22(2)19(25)20-12-18-14-23(13-17-8-9-21-24(17)18)10-11-26-15-16-6-4-3-5-7-16/h3-9,18H,10-15H2,1-2H3,(H,20,25)/t18-/m1/s1. The molecule has 0 saturated heterocycles. The van der Waals surface area contributed by atoms with Crippen molar-refractivity contribution in [2.45, 2.75) is 19.2 Å². The summed E-state index contributed by atoms with van der Waals surface area (Å²) in [6.45, 7) is 4.43. The van der Waals surface area contributed by atoms with Crippen molar-refractivity contribution < 1.29 is 9.53 Å². The van der Waals surface area contributed by atoms with Gasteiger partial charge in [-0.2, -0.15) is 5.10 Å². The monoisotopic (exact) mass is 357 g/mol. The zero-order valence-electron chi connectivity index (χ0n) is 15.5. The summed E-state index contributed by atoms with van der Waals surface area (Å²) in [5, 5.41) is 7.39. The van der Waals surface area contributed by atoms with E-state index in [-0.39, 0.29) is 12.1 Å². The van der Waals surface area contributed by atoms with Crippen LogP contribution in [0, 0.1) is 0 Å². The van der Waals surface area contributed by atoms with E-state index in [0.717, 1.165) is 19.6 Å². The molecule has 0 fully saturated rings. The maximum Gasteiger partial charge on any atom is 0.316 e. The quantitative estimate of drug-likeness (QED) is 0.767. The van der Waals surface area contributed by atoms with Gasteiger partial charge in [-0.15, -0.1) is 0 Å². The van der Waals surface area contributed by atoms with Gasteiger partial charge in [-0.05, 0) is 11.6 Å². The minimum absolute atomic E-state index is 0.0815. The number of urea groups is 1. The number of carbonyl (C=O) groups is 1. The smallest absolute Gasteiger partial charge is 0.316 e. The van der Waals surface area contributed by atoms with Gasteiger partial charge in [0, 0.05) is 46.5 Å². The molecular weight excluding hydrogens is 330 g/mol. The van der Waals surface area contributed by atoms with E-state index in [4.69, 9.17) is 4.74 Å². The number of nitrogens with one attached hydrogen (secondary N) is 1. The Morgan fingerprint density at radius 2 is 2.12 bits per heavy atom. The second kappa shape index (κ2) is 8.82. The highest BCUT2D eigenvalue weighted by Gasteiger charge is 2.25. The molecule has 1 aromatic carbocycles. The van der Waals surface area contributed by atoms with Crippen LogP contribution in [0.1, 0.15) is 17.3 Å². The fourth-order valence-corrected chi connectivity index (χ4v) is 3.11. The first-order chi connectivity index (χ1) is 12.6. The Morgan fingerprint density at radius 3 is 2.88 bits per heavy atom. The van der Waals surface area contributed by atoms with E-state index in [1.165, 1.54) is 11.3 Å². The number of carbonyl (C=O) groups excluding carboxylic acids is 1. The van der Waals surface area contributed by atoms with Crippen molar-refractivity contribution in [3.8, 4) is 0 Å². The van der Waals surface area contributed by atoms with Crippen molar-refractivity contribution in [3.63, 3.8) is 0 Å². The molecule has 1 aliphatic heterocycles. The molecule has 2 aromatic rings. The van der Waals surface area contributed by atoms with E-state index < -0.39 is 0 Å². The van der Waals surface area contributed by atoms with Gasteiger partial charge in [-0.1, -0.05) is 30.3 Å².